The smallest absolute Gasteiger partial charge is 0.323 e. The van der Waals surface area contributed by atoms with E-state index in [1.165, 1.54) is 0 Å². The van der Waals surface area contributed by atoms with Crippen LogP contribution in [0.25, 0.3) is 0 Å². The number of unbranched alkanes of at least 4 members (excludes halogenated alkanes) is 1. The molecule has 0 saturated heterocycles. The molecule has 0 saturated carbocycles. The van der Waals surface area contributed by atoms with Gasteiger partial charge in [0, 0.05) is 6.54 Å². The standard InChI is InChI=1S/C9H17N3O4/c1-2-3-4-11-9(16)12(5-7(10)13)6-8(14)15/h2-6H2,1H3,(H2,10,13)(H,11,16)(H,14,15). The van der Waals surface area contributed by atoms with Crippen molar-refractivity contribution < 1.29 is 19.5 Å². The molecule has 0 spiro atoms. The van der Waals surface area contributed by atoms with E-state index >= 15 is 0 Å². The van der Waals surface area contributed by atoms with Crippen molar-refractivity contribution in [3.63, 3.8) is 0 Å². The summed E-state index contributed by atoms with van der Waals surface area (Å²) in [5, 5.41) is 11.1. The Morgan fingerprint density at radius 3 is 2.38 bits per heavy atom. The molecule has 0 aromatic carbocycles. The first-order valence-electron chi connectivity index (χ1n) is 5.00. The molecule has 0 unspecified atom stereocenters. The Labute approximate surface area is 93.6 Å². The van der Waals surface area contributed by atoms with Crippen molar-refractivity contribution in [1.82, 2.24) is 10.2 Å². The second-order valence-corrected chi connectivity index (χ2v) is 3.30. The molecule has 0 aliphatic carbocycles. The van der Waals surface area contributed by atoms with Gasteiger partial charge in [-0.15, -0.1) is 0 Å². The van der Waals surface area contributed by atoms with Gasteiger partial charge in [-0.1, -0.05) is 13.3 Å². The van der Waals surface area contributed by atoms with Gasteiger partial charge in [0.15, 0.2) is 0 Å². The van der Waals surface area contributed by atoms with E-state index in [1.54, 1.807) is 0 Å². The van der Waals surface area contributed by atoms with Crippen LogP contribution in [0.4, 0.5) is 4.79 Å². The van der Waals surface area contributed by atoms with Crippen LogP contribution in [0, 0.1) is 0 Å². The van der Waals surface area contributed by atoms with Crippen molar-refractivity contribution >= 4 is 17.9 Å². The third kappa shape index (κ3) is 6.63. The highest BCUT2D eigenvalue weighted by molar-refractivity contribution is 5.85. The molecule has 0 heterocycles. The fraction of sp³-hybridized carbons (Fsp3) is 0.667. The Bertz CT molecular complexity index is 251. The summed E-state index contributed by atoms with van der Waals surface area (Å²) in [7, 11) is 0. The zero-order valence-electron chi connectivity index (χ0n) is 9.23. The molecule has 0 atom stereocenters. The lowest BCUT2D eigenvalue weighted by atomic mass is 10.3. The number of rotatable bonds is 7. The number of carboxylic acid groups (broad SMARTS) is 1. The molecule has 16 heavy (non-hydrogen) atoms. The van der Waals surface area contributed by atoms with E-state index in [0.717, 1.165) is 17.7 Å². The molecule has 7 heteroatoms. The van der Waals surface area contributed by atoms with Gasteiger partial charge in [0.05, 0.1) is 0 Å². The van der Waals surface area contributed by atoms with Crippen LogP contribution in [0.15, 0.2) is 0 Å². The van der Waals surface area contributed by atoms with Crippen LogP contribution >= 0.6 is 0 Å². The Hall–Kier alpha value is -1.79. The number of amides is 3. The van der Waals surface area contributed by atoms with E-state index in [2.05, 4.69) is 5.32 Å². The highest BCUT2D eigenvalue weighted by Crippen LogP contribution is 1.91. The Morgan fingerprint density at radius 2 is 1.94 bits per heavy atom. The number of hydrogen-bond donors (Lipinski definition) is 3. The number of nitrogens with two attached hydrogens (primary N) is 1. The maximum Gasteiger partial charge on any atom is 0.323 e. The SMILES string of the molecule is CCCCNC(=O)N(CC(N)=O)CC(=O)O. The average Bonchev–Trinajstić information content (AvgIpc) is 2.15. The number of aliphatic carboxylic acids is 1. The van der Waals surface area contributed by atoms with Crippen LogP contribution < -0.4 is 11.1 Å². The predicted octanol–water partition coefficient (Wildman–Crippen LogP) is -0.632. The number of carbonyl (C=O) groups excluding carboxylic acids is 2. The molecule has 0 aromatic heterocycles. The highest BCUT2D eigenvalue weighted by Gasteiger charge is 2.17. The van der Waals surface area contributed by atoms with Crippen LogP contribution in [0.2, 0.25) is 0 Å². The number of nitrogens with one attached hydrogen (secondary N) is 1. The van der Waals surface area contributed by atoms with Crippen molar-refractivity contribution in [2.45, 2.75) is 19.8 Å². The number of nitrogens with zero attached hydrogens (tertiary/aromatic N) is 1. The van der Waals surface area contributed by atoms with Crippen LogP contribution in [0.1, 0.15) is 19.8 Å². The van der Waals surface area contributed by atoms with Gasteiger partial charge < -0.3 is 21.1 Å². The minimum atomic E-state index is -1.19. The molecule has 4 N–H and O–H groups in total. The molecular weight excluding hydrogens is 214 g/mol. The van der Waals surface area contributed by atoms with Gasteiger partial charge >= 0.3 is 12.0 Å². The summed E-state index contributed by atoms with van der Waals surface area (Å²) in [5.74, 6) is -1.93. The largest absolute Gasteiger partial charge is 0.480 e. The predicted molar refractivity (Wildman–Crippen MR) is 56.7 cm³/mol. The Morgan fingerprint density at radius 1 is 1.31 bits per heavy atom. The van der Waals surface area contributed by atoms with Crippen LogP contribution in [-0.2, 0) is 9.59 Å². The first-order valence-corrected chi connectivity index (χ1v) is 5.00. The molecule has 3 amide bonds. The van der Waals surface area contributed by atoms with E-state index in [9.17, 15) is 14.4 Å². The molecular formula is C9H17N3O4. The van der Waals surface area contributed by atoms with Crippen LogP contribution in [0.5, 0.6) is 0 Å². The van der Waals surface area contributed by atoms with Gasteiger partial charge in [0.1, 0.15) is 13.1 Å². The van der Waals surface area contributed by atoms with E-state index in [0.29, 0.717) is 6.54 Å². The van der Waals surface area contributed by atoms with Gasteiger partial charge in [-0.05, 0) is 6.42 Å². The molecule has 0 bridgehead atoms. The molecule has 0 aliphatic heterocycles. The Balaban J connectivity index is 4.20. The van der Waals surface area contributed by atoms with Gasteiger partial charge in [0.2, 0.25) is 5.91 Å². The summed E-state index contributed by atoms with van der Waals surface area (Å²) < 4.78 is 0. The summed E-state index contributed by atoms with van der Waals surface area (Å²) in [6.45, 7) is 1.47. The Kier molecular flexibility index (Phi) is 6.66. The van der Waals surface area contributed by atoms with Crippen LogP contribution in [0.3, 0.4) is 0 Å². The van der Waals surface area contributed by atoms with Crippen molar-refractivity contribution in [3.05, 3.63) is 0 Å². The average molecular weight is 231 g/mol. The molecule has 0 rings (SSSR count). The fourth-order valence-electron chi connectivity index (χ4n) is 1.03. The fourth-order valence-corrected chi connectivity index (χ4v) is 1.03. The van der Waals surface area contributed by atoms with Gasteiger partial charge in [-0.3, -0.25) is 9.59 Å². The summed E-state index contributed by atoms with van der Waals surface area (Å²) in [4.78, 5) is 33.4. The molecule has 7 nitrogen and oxygen atoms in total. The first kappa shape index (κ1) is 14.2. The number of primary amides is 1. The topological polar surface area (TPSA) is 113 Å². The van der Waals surface area contributed by atoms with Gasteiger partial charge in [-0.2, -0.15) is 0 Å². The molecule has 0 fully saturated rings. The monoisotopic (exact) mass is 231 g/mol. The van der Waals surface area contributed by atoms with Gasteiger partial charge in [0.25, 0.3) is 0 Å². The van der Waals surface area contributed by atoms with Crippen molar-refractivity contribution in [2.75, 3.05) is 19.6 Å². The molecule has 92 valence electrons. The maximum atomic E-state index is 11.4. The van der Waals surface area contributed by atoms with E-state index in [-0.39, 0.29) is 0 Å². The second kappa shape index (κ2) is 7.49. The third-order valence-corrected chi connectivity index (χ3v) is 1.77. The minimum absolute atomic E-state index is 0.399. The van der Waals surface area contributed by atoms with Crippen molar-refractivity contribution in [1.29, 1.82) is 0 Å². The summed E-state index contributed by atoms with van der Waals surface area (Å²) in [6.07, 6.45) is 1.71. The highest BCUT2D eigenvalue weighted by atomic mass is 16.4. The number of urea groups is 1. The van der Waals surface area contributed by atoms with Crippen LogP contribution in [-0.4, -0.2) is 47.5 Å². The zero-order chi connectivity index (χ0) is 12.6. The second-order valence-electron chi connectivity index (χ2n) is 3.30. The van der Waals surface area contributed by atoms with Crippen molar-refractivity contribution in [2.24, 2.45) is 5.73 Å². The molecule has 0 aromatic rings. The zero-order valence-corrected chi connectivity index (χ0v) is 9.23. The van der Waals surface area contributed by atoms with Gasteiger partial charge in [-0.25, -0.2) is 4.79 Å². The van der Waals surface area contributed by atoms with E-state index in [4.69, 9.17) is 10.8 Å². The lowest BCUT2D eigenvalue weighted by Gasteiger charge is -2.19. The number of hydrogen-bond acceptors (Lipinski definition) is 3. The lowest BCUT2D eigenvalue weighted by molar-refractivity contribution is -0.137. The quantitative estimate of drug-likeness (QED) is 0.506. The summed E-state index contributed by atoms with van der Waals surface area (Å²) in [6, 6.07) is -0.588. The van der Waals surface area contributed by atoms with Crippen molar-refractivity contribution in [3.8, 4) is 0 Å². The lowest BCUT2D eigenvalue weighted by Crippen LogP contribution is -2.46. The minimum Gasteiger partial charge on any atom is -0.480 e. The van der Waals surface area contributed by atoms with E-state index < -0.39 is 31.0 Å². The number of carboxylic acids is 1. The maximum absolute atomic E-state index is 11.4. The number of carbonyl (C=O) groups is 3. The summed E-state index contributed by atoms with van der Waals surface area (Å²) >= 11 is 0. The normalized spacial score (nSPS) is 9.56. The summed E-state index contributed by atoms with van der Waals surface area (Å²) in [5.41, 5.74) is 4.91. The molecule has 0 radical (unpaired) electrons. The molecule has 0 aliphatic rings. The van der Waals surface area contributed by atoms with E-state index in [1.807, 2.05) is 6.92 Å². The first-order chi connectivity index (χ1) is 7.47. The third-order valence-electron chi connectivity index (χ3n) is 1.77.